The number of carbonyl (C=O) groups is 1. The minimum absolute atomic E-state index is 0.0651. The number of nitrogens with zero attached hydrogens (tertiary/aromatic N) is 1. The molecule has 0 radical (unpaired) electrons. The van der Waals surface area contributed by atoms with Crippen LogP contribution in [0.2, 0.25) is 0 Å². The SMILES string of the molecule is C=C/C(=C\C1=C(C)OCO1)C1(C(=O)Nc2ncc(-c3cccc(C)c3)cc2C)CC1. The highest BCUT2D eigenvalue weighted by molar-refractivity contribution is 6.00. The highest BCUT2D eigenvalue weighted by Gasteiger charge is 2.52. The summed E-state index contributed by atoms with van der Waals surface area (Å²) in [6, 6.07) is 10.3. The molecular formula is C25H26N2O3. The Morgan fingerprint density at radius 2 is 1.97 bits per heavy atom. The molecule has 1 aliphatic carbocycles. The molecule has 0 bridgehead atoms. The quantitative estimate of drug-likeness (QED) is 0.654. The first-order chi connectivity index (χ1) is 14.4. The average Bonchev–Trinajstić information content (AvgIpc) is 3.44. The van der Waals surface area contributed by atoms with Gasteiger partial charge in [0, 0.05) is 11.8 Å². The summed E-state index contributed by atoms with van der Waals surface area (Å²) in [4.78, 5) is 17.7. The van der Waals surface area contributed by atoms with Crippen molar-refractivity contribution in [3.8, 4) is 11.1 Å². The molecule has 1 fully saturated rings. The third kappa shape index (κ3) is 3.75. The van der Waals surface area contributed by atoms with Crippen molar-refractivity contribution in [3.05, 3.63) is 83.5 Å². The summed E-state index contributed by atoms with van der Waals surface area (Å²) in [6.07, 6.45) is 6.94. The number of aryl methyl sites for hydroxylation is 2. The van der Waals surface area contributed by atoms with E-state index in [1.807, 2.05) is 26.0 Å². The first-order valence-electron chi connectivity index (χ1n) is 10.1. The van der Waals surface area contributed by atoms with E-state index in [0.717, 1.165) is 40.9 Å². The second-order valence-electron chi connectivity index (χ2n) is 7.93. The third-order valence-corrected chi connectivity index (χ3v) is 5.74. The number of ether oxygens (including phenoxy) is 2. The topological polar surface area (TPSA) is 60.5 Å². The van der Waals surface area contributed by atoms with Gasteiger partial charge in [-0.2, -0.15) is 0 Å². The Morgan fingerprint density at radius 3 is 2.57 bits per heavy atom. The van der Waals surface area contributed by atoms with Gasteiger partial charge < -0.3 is 14.8 Å². The molecule has 0 spiro atoms. The molecule has 2 heterocycles. The predicted molar refractivity (Wildman–Crippen MR) is 117 cm³/mol. The summed E-state index contributed by atoms with van der Waals surface area (Å²) in [5.41, 5.74) is 4.51. The highest BCUT2D eigenvalue weighted by atomic mass is 16.7. The maximum Gasteiger partial charge on any atom is 0.236 e. The van der Waals surface area contributed by atoms with Gasteiger partial charge in [0.1, 0.15) is 11.6 Å². The van der Waals surface area contributed by atoms with Crippen LogP contribution in [0.5, 0.6) is 0 Å². The summed E-state index contributed by atoms with van der Waals surface area (Å²) in [5.74, 6) is 1.89. The monoisotopic (exact) mass is 402 g/mol. The number of hydrogen-bond acceptors (Lipinski definition) is 4. The molecular weight excluding hydrogens is 376 g/mol. The van der Waals surface area contributed by atoms with Gasteiger partial charge >= 0.3 is 0 Å². The van der Waals surface area contributed by atoms with Gasteiger partial charge in [0.2, 0.25) is 12.7 Å². The minimum atomic E-state index is -0.593. The molecule has 5 nitrogen and oxygen atoms in total. The zero-order chi connectivity index (χ0) is 21.3. The van der Waals surface area contributed by atoms with Crippen LogP contribution in [0, 0.1) is 19.3 Å². The van der Waals surface area contributed by atoms with Gasteiger partial charge in [0.15, 0.2) is 5.76 Å². The van der Waals surface area contributed by atoms with Gasteiger partial charge in [-0.15, -0.1) is 0 Å². The Bertz CT molecular complexity index is 1080. The first-order valence-corrected chi connectivity index (χ1v) is 10.1. The Labute approximate surface area is 177 Å². The molecule has 0 saturated heterocycles. The van der Waals surface area contributed by atoms with E-state index in [-0.39, 0.29) is 12.7 Å². The zero-order valence-corrected chi connectivity index (χ0v) is 17.6. The molecule has 1 saturated carbocycles. The second-order valence-corrected chi connectivity index (χ2v) is 7.93. The van der Waals surface area contributed by atoms with E-state index in [0.29, 0.717) is 11.6 Å². The van der Waals surface area contributed by atoms with Crippen molar-refractivity contribution >= 4 is 11.7 Å². The van der Waals surface area contributed by atoms with Gasteiger partial charge in [-0.1, -0.05) is 42.5 Å². The van der Waals surface area contributed by atoms with Crippen molar-refractivity contribution in [2.45, 2.75) is 33.6 Å². The molecule has 1 aliphatic heterocycles. The van der Waals surface area contributed by atoms with Crippen molar-refractivity contribution in [3.63, 3.8) is 0 Å². The molecule has 1 amide bonds. The zero-order valence-electron chi connectivity index (χ0n) is 17.6. The van der Waals surface area contributed by atoms with E-state index in [1.165, 1.54) is 5.56 Å². The number of aromatic nitrogens is 1. The Balaban J connectivity index is 1.55. The van der Waals surface area contributed by atoms with Crippen molar-refractivity contribution in [2.75, 3.05) is 12.1 Å². The lowest BCUT2D eigenvalue weighted by molar-refractivity contribution is -0.119. The number of carbonyl (C=O) groups excluding carboxylic acids is 1. The lowest BCUT2D eigenvalue weighted by Crippen LogP contribution is -2.26. The molecule has 2 aliphatic rings. The first kappa shape index (κ1) is 20.0. The molecule has 5 heteroatoms. The number of allylic oxidation sites excluding steroid dienone is 3. The lowest BCUT2D eigenvalue weighted by Gasteiger charge is -2.18. The number of amides is 1. The van der Waals surface area contributed by atoms with Crippen LogP contribution in [0.1, 0.15) is 30.9 Å². The molecule has 0 unspecified atom stereocenters. The number of benzene rings is 1. The van der Waals surface area contributed by atoms with E-state index >= 15 is 0 Å². The number of rotatable bonds is 6. The van der Waals surface area contributed by atoms with Gasteiger partial charge in [-0.25, -0.2) is 4.98 Å². The second kappa shape index (κ2) is 7.82. The van der Waals surface area contributed by atoms with Crippen LogP contribution < -0.4 is 5.32 Å². The minimum Gasteiger partial charge on any atom is -0.458 e. The van der Waals surface area contributed by atoms with E-state index < -0.39 is 5.41 Å². The smallest absolute Gasteiger partial charge is 0.236 e. The Kier molecular flexibility index (Phi) is 5.20. The summed E-state index contributed by atoms with van der Waals surface area (Å²) in [5, 5.41) is 3.03. The van der Waals surface area contributed by atoms with Crippen LogP contribution in [-0.2, 0) is 14.3 Å². The predicted octanol–water partition coefficient (Wildman–Crippen LogP) is 5.43. The van der Waals surface area contributed by atoms with E-state index in [1.54, 1.807) is 12.3 Å². The van der Waals surface area contributed by atoms with Crippen LogP contribution in [0.3, 0.4) is 0 Å². The van der Waals surface area contributed by atoms with Crippen LogP contribution in [0.25, 0.3) is 11.1 Å². The largest absolute Gasteiger partial charge is 0.458 e. The molecule has 0 atom stereocenters. The van der Waals surface area contributed by atoms with E-state index in [9.17, 15) is 4.79 Å². The summed E-state index contributed by atoms with van der Waals surface area (Å²) < 4.78 is 10.8. The fourth-order valence-electron chi connectivity index (χ4n) is 3.72. The van der Waals surface area contributed by atoms with E-state index in [4.69, 9.17) is 9.47 Å². The summed E-state index contributed by atoms with van der Waals surface area (Å²) >= 11 is 0. The molecule has 30 heavy (non-hydrogen) atoms. The van der Waals surface area contributed by atoms with Gasteiger partial charge in [0.05, 0.1) is 5.41 Å². The summed E-state index contributed by atoms with van der Waals surface area (Å²) in [6.45, 7) is 10.00. The Hall–Kier alpha value is -3.34. The molecule has 2 aromatic rings. The van der Waals surface area contributed by atoms with Crippen LogP contribution >= 0.6 is 0 Å². The number of nitrogens with one attached hydrogen (secondary N) is 1. The van der Waals surface area contributed by atoms with Crippen molar-refractivity contribution in [2.24, 2.45) is 5.41 Å². The van der Waals surface area contributed by atoms with Crippen LogP contribution in [-0.4, -0.2) is 17.7 Å². The number of pyridine rings is 1. The Morgan fingerprint density at radius 1 is 1.17 bits per heavy atom. The van der Waals surface area contributed by atoms with Gasteiger partial charge in [-0.3, -0.25) is 4.79 Å². The van der Waals surface area contributed by atoms with Crippen molar-refractivity contribution in [1.29, 1.82) is 0 Å². The number of hydrogen-bond donors (Lipinski definition) is 1. The lowest BCUT2D eigenvalue weighted by atomic mass is 9.93. The summed E-state index contributed by atoms with van der Waals surface area (Å²) in [7, 11) is 0. The molecule has 1 aromatic heterocycles. The van der Waals surface area contributed by atoms with Crippen LogP contribution in [0.15, 0.2) is 72.4 Å². The van der Waals surface area contributed by atoms with E-state index in [2.05, 4.69) is 48.1 Å². The maximum absolute atomic E-state index is 13.2. The fraction of sp³-hybridized carbons (Fsp3) is 0.280. The maximum atomic E-state index is 13.2. The molecule has 4 rings (SSSR count). The molecule has 154 valence electrons. The average molecular weight is 402 g/mol. The normalized spacial score (nSPS) is 17.2. The standard InChI is InChI=1S/C25H26N2O3/c1-5-21(13-22-18(4)29-15-30-22)25(9-10-25)24(28)27-23-17(3)12-20(14-26-23)19-8-6-7-16(2)11-19/h5-8,11-14H,1,9-10,15H2,2-4H3,(H,26,27,28)/b21-13+. The third-order valence-electron chi connectivity index (χ3n) is 5.74. The highest BCUT2D eigenvalue weighted by Crippen LogP contribution is 2.53. The molecule has 1 N–H and O–H groups in total. The molecule has 1 aromatic carbocycles. The van der Waals surface area contributed by atoms with Gasteiger partial charge in [0.25, 0.3) is 0 Å². The number of anilines is 1. The van der Waals surface area contributed by atoms with Crippen LogP contribution in [0.4, 0.5) is 5.82 Å². The van der Waals surface area contributed by atoms with Gasteiger partial charge in [-0.05, 0) is 62.5 Å². The fourth-order valence-corrected chi connectivity index (χ4v) is 3.72. The van der Waals surface area contributed by atoms with Crippen molar-refractivity contribution < 1.29 is 14.3 Å². The van der Waals surface area contributed by atoms with Crippen molar-refractivity contribution in [1.82, 2.24) is 4.98 Å².